The van der Waals surface area contributed by atoms with Crippen molar-refractivity contribution in [2.75, 3.05) is 13.1 Å². The van der Waals surface area contributed by atoms with Crippen LogP contribution in [0.5, 0.6) is 0 Å². The van der Waals surface area contributed by atoms with Gasteiger partial charge in [0.1, 0.15) is 0 Å². The summed E-state index contributed by atoms with van der Waals surface area (Å²) in [5.74, 6) is 2.47. The van der Waals surface area contributed by atoms with E-state index in [1.54, 1.807) is 4.90 Å². The first-order valence-corrected chi connectivity index (χ1v) is 5.83. The van der Waals surface area contributed by atoms with Gasteiger partial charge in [0.2, 0.25) is 0 Å². The van der Waals surface area contributed by atoms with E-state index in [9.17, 15) is 4.79 Å². The molecule has 0 saturated carbocycles. The lowest BCUT2D eigenvalue weighted by atomic mass is 10.3. The van der Waals surface area contributed by atoms with Gasteiger partial charge in [0.25, 0.3) is 5.91 Å². The van der Waals surface area contributed by atoms with Crippen LogP contribution in [0.1, 0.15) is 17.3 Å². The Kier molecular flexibility index (Phi) is 4.18. The molecule has 0 bridgehead atoms. The molecule has 14 heavy (non-hydrogen) atoms. The van der Waals surface area contributed by atoms with Gasteiger partial charge in [0.15, 0.2) is 0 Å². The molecule has 0 aliphatic heterocycles. The van der Waals surface area contributed by atoms with E-state index in [0.29, 0.717) is 18.7 Å². The van der Waals surface area contributed by atoms with Crippen LogP contribution in [-0.4, -0.2) is 23.9 Å². The Morgan fingerprint density at radius 2 is 2.50 bits per heavy atom. The molecule has 0 fully saturated rings. The van der Waals surface area contributed by atoms with Crippen molar-refractivity contribution in [3.63, 3.8) is 0 Å². The molecule has 0 atom stereocenters. The fourth-order valence-corrected chi connectivity index (χ4v) is 2.17. The number of carbonyl (C=O) groups excluding carboxylic acids is 1. The van der Waals surface area contributed by atoms with Crippen LogP contribution in [0.2, 0.25) is 0 Å². The Morgan fingerprint density at radius 3 is 2.93 bits per heavy atom. The molecular weight excluding hydrogens is 262 g/mol. The molecule has 2 nitrogen and oxygen atoms in total. The summed E-state index contributed by atoms with van der Waals surface area (Å²) in [7, 11) is 0. The topological polar surface area (TPSA) is 20.3 Å². The first-order chi connectivity index (χ1) is 6.69. The van der Waals surface area contributed by atoms with Gasteiger partial charge in [-0.1, -0.05) is 5.92 Å². The predicted molar refractivity (Wildman–Crippen MR) is 62.4 cm³/mol. The van der Waals surface area contributed by atoms with E-state index in [-0.39, 0.29) is 5.91 Å². The highest BCUT2D eigenvalue weighted by Crippen LogP contribution is 2.21. The third-order valence-corrected chi connectivity index (χ3v) is 3.27. The molecular formula is C10H10BrNOS. The number of amides is 1. The maximum Gasteiger partial charge on any atom is 0.255 e. The molecule has 4 heteroatoms. The van der Waals surface area contributed by atoms with Crippen molar-refractivity contribution in [1.82, 2.24) is 4.90 Å². The monoisotopic (exact) mass is 271 g/mol. The number of halogens is 1. The molecule has 0 saturated heterocycles. The van der Waals surface area contributed by atoms with Crippen molar-refractivity contribution in [2.24, 2.45) is 0 Å². The van der Waals surface area contributed by atoms with E-state index < -0.39 is 0 Å². The number of terminal acetylenes is 1. The molecule has 0 N–H and O–H groups in total. The van der Waals surface area contributed by atoms with Crippen LogP contribution in [0.4, 0.5) is 0 Å². The Hall–Kier alpha value is -0.790. The van der Waals surface area contributed by atoms with E-state index in [1.165, 1.54) is 11.3 Å². The standard InChI is InChI=1S/C10H10BrNOS/c1-3-5-12(4-2)10(13)8-6-9(11)14-7-8/h1,6-7H,4-5H2,2H3. The Bertz CT molecular complexity index is 366. The SMILES string of the molecule is C#CCN(CC)C(=O)c1csc(Br)c1. The van der Waals surface area contributed by atoms with Crippen LogP contribution < -0.4 is 0 Å². The molecule has 0 aromatic carbocycles. The van der Waals surface area contributed by atoms with Gasteiger partial charge in [-0.15, -0.1) is 17.8 Å². The highest BCUT2D eigenvalue weighted by molar-refractivity contribution is 9.11. The molecule has 0 aliphatic rings. The maximum absolute atomic E-state index is 11.8. The highest BCUT2D eigenvalue weighted by Gasteiger charge is 2.13. The molecule has 1 heterocycles. The number of nitrogens with zero attached hydrogens (tertiary/aromatic N) is 1. The minimum absolute atomic E-state index is 0.00704. The van der Waals surface area contributed by atoms with E-state index in [0.717, 1.165) is 3.79 Å². The lowest BCUT2D eigenvalue weighted by Gasteiger charge is -2.16. The van der Waals surface area contributed by atoms with Crippen molar-refractivity contribution in [1.29, 1.82) is 0 Å². The third kappa shape index (κ3) is 2.60. The summed E-state index contributed by atoms with van der Waals surface area (Å²) in [6, 6.07) is 1.81. The summed E-state index contributed by atoms with van der Waals surface area (Å²) < 4.78 is 0.956. The summed E-state index contributed by atoms with van der Waals surface area (Å²) >= 11 is 4.81. The minimum atomic E-state index is -0.00704. The molecule has 1 aromatic heterocycles. The summed E-state index contributed by atoms with van der Waals surface area (Å²) in [5, 5.41) is 1.82. The molecule has 0 radical (unpaired) electrons. The number of thiophene rings is 1. The quantitative estimate of drug-likeness (QED) is 0.774. The van der Waals surface area contributed by atoms with Gasteiger partial charge < -0.3 is 4.90 Å². The van der Waals surface area contributed by atoms with Gasteiger partial charge in [-0.3, -0.25) is 4.79 Å². The van der Waals surface area contributed by atoms with Crippen molar-refractivity contribution in [2.45, 2.75) is 6.92 Å². The Balaban J connectivity index is 2.78. The molecule has 1 rings (SSSR count). The second-order valence-corrected chi connectivity index (χ2v) is 4.95. The van der Waals surface area contributed by atoms with Gasteiger partial charge in [0, 0.05) is 11.9 Å². The number of carbonyl (C=O) groups is 1. The molecule has 0 spiro atoms. The first kappa shape index (κ1) is 11.3. The summed E-state index contributed by atoms with van der Waals surface area (Å²) in [6.07, 6.45) is 5.18. The first-order valence-electron chi connectivity index (χ1n) is 4.15. The lowest BCUT2D eigenvalue weighted by molar-refractivity contribution is 0.0785. The van der Waals surface area contributed by atoms with Crippen molar-refractivity contribution >= 4 is 33.2 Å². The lowest BCUT2D eigenvalue weighted by Crippen LogP contribution is -2.30. The van der Waals surface area contributed by atoms with Crippen LogP contribution in [0.15, 0.2) is 15.2 Å². The predicted octanol–water partition coefficient (Wildman–Crippen LogP) is 2.61. The van der Waals surface area contributed by atoms with Crippen LogP contribution in [0, 0.1) is 12.3 Å². The second-order valence-electron chi connectivity index (χ2n) is 2.66. The van der Waals surface area contributed by atoms with E-state index in [1.807, 2.05) is 18.4 Å². The second kappa shape index (κ2) is 5.18. The van der Waals surface area contributed by atoms with Crippen LogP contribution in [-0.2, 0) is 0 Å². The fraction of sp³-hybridized carbons (Fsp3) is 0.300. The van der Waals surface area contributed by atoms with E-state index >= 15 is 0 Å². The van der Waals surface area contributed by atoms with Crippen LogP contribution >= 0.6 is 27.3 Å². The van der Waals surface area contributed by atoms with Crippen LogP contribution in [0.25, 0.3) is 0 Å². The number of rotatable bonds is 3. The molecule has 0 unspecified atom stereocenters. The maximum atomic E-state index is 11.8. The van der Waals surface area contributed by atoms with E-state index in [2.05, 4.69) is 21.9 Å². The Labute approximate surface area is 96.0 Å². The molecule has 1 aromatic rings. The zero-order chi connectivity index (χ0) is 10.6. The Morgan fingerprint density at radius 1 is 1.79 bits per heavy atom. The van der Waals surface area contributed by atoms with Crippen LogP contribution in [0.3, 0.4) is 0 Å². The zero-order valence-corrected chi connectivity index (χ0v) is 10.2. The van der Waals surface area contributed by atoms with Crippen molar-refractivity contribution < 1.29 is 4.79 Å². The molecule has 1 amide bonds. The van der Waals surface area contributed by atoms with Gasteiger partial charge in [-0.05, 0) is 28.9 Å². The normalized spacial score (nSPS) is 9.50. The molecule has 0 aliphatic carbocycles. The van der Waals surface area contributed by atoms with Gasteiger partial charge >= 0.3 is 0 Å². The zero-order valence-electron chi connectivity index (χ0n) is 7.79. The average molecular weight is 272 g/mol. The largest absolute Gasteiger partial charge is 0.328 e. The van der Waals surface area contributed by atoms with Crippen molar-refractivity contribution in [3.05, 3.63) is 20.8 Å². The van der Waals surface area contributed by atoms with Gasteiger partial charge in [0.05, 0.1) is 15.9 Å². The summed E-state index contributed by atoms with van der Waals surface area (Å²) in [6.45, 7) is 2.91. The number of hydrogen-bond donors (Lipinski definition) is 0. The average Bonchev–Trinajstić information content (AvgIpc) is 2.60. The van der Waals surface area contributed by atoms with Crippen molar-refractivity contribution in [3.8, 4) is 12.3 Å². The molecule has 74 valence electrons. The third-order valence-electron chi connectivity index (χ3n) is 1.77. The number of hydrogen-bond acceptors (Lipinski definition) is 2. The smallest absolute Gasteiger partial charge is 0.255 e. The van der Waals surface area contributed by atoms with Gasteiger partial charge in [-0.2, -0.15) is 0 Å². The fourth-order valence-electron chi connectivity index (χ4n) is 1.04. The van der Waals surface area contributed by atoms with Gasteiger partial charge in [-0.25, -0.2) is 0 Å². The highest BCUT2D eigenvalue weighted by atomic mass is 79.9. The summed E-state index contributed by atoms with van der Waals surface area (Å²) in [5.41, 5.74) is 0.693. The minimum Gasteiger partial charge on any atom is -0.328 e. The summed E-state index contributed by atoms with van der Waals surface area (Å²) in [4.78, 5) is 13.4. The van der Waals surface area contributed by atoms with E-state index in [4.69, 9.17) is 6.42 Å².